The Morgan fingerprint density at radius 1 is 0.920 bits per heavy atom. The Morgan fingerprint density at radius 3 is 2.04 bits per heavy atom. The molecule has 0 saturated heterocycles. The lowest BCUT2D eigenvalue weighted by Crippen LogP contribution is -2.25. The molecular weight excluding hydrogens is 316 g/mol. The zero-order valence-corrected chi connectivity index (χ0v) is 14.7. The van der Waals surface area contributed by atoms with Crippen molar-refractivity contribution < 1.29 is 19.1 Å². The van der Waals surface area contributed by atoms with E-state index in [2.05, 4.69) is 0 Å². The van der Waals surface area contributed by atoms with E-state index in [1.54, 1.807) is 0 Å². The maximum atomic E-state index is 11.5. The van der Waals surface area contributed by atoms with Crippen molar-refractivity contribution in [3.63, 3.8) is 0 Å². The number of carbonyl (C=O) groups excluding carboxylic acids is 2. The van der Waals surface area contributed by atoms with Crippen molar-refractivity contribution in [2.24, 2.45) is 0 Å². The van der Waals surface area contributed by atoms with Gasteiger partial charge in [0, 0.05) is 25.8 Å². The fraction of sp³-hybridized carbons (Fsp3) is 0.238. The van der Waals surface area contributed by atoms with Crippen LogP contribution in [-0.4, -0.2) is 18.2 Å². The number of benzene rings is 2. The lowest BCUT2D eigenvalue weighted by atomic mass is 10.00. The molecule has 4 nitrogen and oxygen atoms in total. The van der Waals surface area contributed by atoms with Crippen LogP contribution in [0.5, 0.6) is 0 Å². The molecule has 4 heteroatoms. The monoisotopic (exact) mass is 338 g/mol. The molecule has 2 rings (SSSR count). The number of rotatable bonds is 6. The SMILES string of the molecule is CC(=O)OC(OC(C)=O)/C(=C/c1ccccc1C)Cc1ccccc1. The maximum Gasteiger partial charge on any atom is 0.305 e. The van der Waals surface area contributed by atoms with Crippen LogP contribution in [0.4, 0.5) is 0 Å². The van der Waals surface area contributed by atoms with E-state index < -0.39 is 18.2 Å². The molecular formula is C21H22O4. The Kier molecular flexibility index (Phi) is 6.52. The van der Waals surface area contributed by atoms with Gasteiger partial charge in [0.15, 0.2) is 0 Å². The summed E-state index contributed by atoms with van der Waals surface area (Å²) >= 11 is 0. The Labute approximate surface area is 148 Å². The van der Waals surface area contributed by atoms with Crippen LogP contribution < -0.4 is 0 Å². The van der Waals surface area contributed by atoms with Gasteiger partial charge in [0.05, 0.1) is 0 Å². The minimum absolute atomic E-state index is 0.500. The fourth-order valence-corrected chi connectivity index (χ4v) is 2.46. The van der Waals surface area contributed by atoms with Gasteiger partial charge in [0.1, 0.15) is 0 Å². The molecule has 0 radical (unpaired) electrons. The number of carbonyl (C=O) groups is 2. The Hall–Kier alpha value is -2.88. The summed E-state index contributed by atoms with van der Waals surface area (Å²) in [6.45, 7) is 4.59. The third-order valence-electron chi connectivity index (χ3n) is 3.63. The molecule has 0 amide bonds. The largest absolute Gasteiger partial charge is 0.421 e. The molecule has 0 N–H and O–H groups in total. The Balaban J connectivity index is 2.43. The molecule has 2 aromatic carbocycles. The first kappa shape index (κ1) is 18.5. The van der Waals surface area contributed by atoms with Crippen molar-refractivity contribution in [3.8, 4) is 0 Å². The standard InChI is InChI=1S/C21H22O4/c1-15-9-7-8-12-19(15)14-20(13-18-10-5-4-6-11-18)21(24-16(2)22)25-17(3)23/h4-12,14,21H,13H2,1-3H3/b20-14+. The summed E-state index contributed by atoms with van der Waals surface area (Å²) in [5, 5.41) is 0. The van der Waals surface area contributed by atoms with Crippen molar-refractivity contribution >= 4 is 18.0 Å². The van der Waals surface area contributed by atoms with Crippen LogP contribution in [0.25, 0.3) is 6.08 Å². The maximum absolute atomic E-state index is 11.5. The van der Waals surface area contributed by atoms with Crippen molar-refractivity contribution in [3.05, 3.63) is 76.9 Å². The summed E-state index contributed by atoms with van der Waals surface area (Å²) in [5.74, 6) is -1.01. The first-order valence-electron chi connectivity index (χ1n) is 8.10. The summed E-state index contributed by atoms with van der Waals surface area (Å²) in [5.41, 5.74) is 3.80. The summed E-state index contributed by atoms with van der Waals surface area (Å²) in [6, 6.07) is 17.6. The molecule has 0 atom stereocenters. The molecule has 0 spiro atoms. The molecule has 0 saturated carbocycles. The van der Waals surface area contributed by atoms with Crippen LogP contribution in [0.1, 0.15) is 30.5 Å². The van der Waals surface area contributed by atoms with Gasteiger partial charge in [-0.25, -0.2) is 0 Å². The highest BCUT2D eigenvalue weighted by molar-refractivity contribution is 5.69. The van der Waals surface area contributed by atoms with Crippen LogP contribution in [0, 0.1) is 6.92 Å². The molecule has 0 aromatic heterocycles. The van der Waals surface area contributed by atoms with Crippen molar-refractivity contribution in [2.75, 3.05) is 0 Å². The van der Waals surface area contributed by atoms with E-state index in [0.29, 0.717) is 12.0 Å². The molecule has 130 valence electrons. The van der Waals surface area contributed by atoms with Crippen LogP contribution in [0.3, 0.4) is 0 Å². The van der Waals surface area contributed by atoms with Crippen LogP contribution >= 0.6 is 0 Å². The van der Waals surface area contributed by atoms with E-state index in [9.17, 15) is 9.59 Å². The molecule has 25 heavy (non-hydrogen) atoms. The summed E-state index contributed by atoms with van der Waals surface area (Å²) in [4.78, 5) is 22.9. The number of hydrogen-bond acceptors (Lipinski definition) is 4. The highest BCUT2D eigenvalue weighted by Gasteiger charge is 2.21. The van der Waals surface area contributed by atoms with Crippen molar-refractivity contribution in [2.45, 2.75) is 33.5 Å². The van der Waals surface area contributed by atoms with Gasteiger partial charge >= 0.3 is 11.9 Å². The van der Waals surface area contributed by atoms with Crippen molar-refractivity contribution in [1.82, 2.24) is 0 Å². The average molecular weight is 338 g/mol. The predicted molar refractivity (Wildman–Crippen MR) is 96.6 cm³/mol. The van der Waals surface area contributed by atoms with Gasteiger partial charge < -0.3 is 9.47 Å². The lowest BCUT2D eigenvalue weighted by Gasteiger charge is -2.20. The molecule has 0 heterocycles. The highest BCUT2D eigenvalue weighted by Crippen LogP contribution is 2.21. The molecule has 2 aromatic rings. The average Bonchev–Trinajstić information content (AvgIpc) is 2.56. The fourth-order valence-electron chi connectivity index (χ4n) is 2.46. The van der Waals surface area contributed by atoms with E-state index >= 15 is 0 Å². The Morgan fingerprint density at radius 2 is 1.48 bits per heavy atom. The third-order valence-corrected chi connectivity index (χ3v) is 3.63. The molecule has 0 aliphatic heterocycles. The van der Waals surface area contributed by atoms with Gasteiger partial charge in [-0.15, -0.1) is 0 Å². The molecule has 0 bridgehead atoms. The summed E-state index contributed by atoms with van der Waals surface area (Å²) < 4.78 is 10.5. The summed E-state index contributed by atoms with van der Waals surface area (Å²) in [6.07, 6.45) is 1.37. The number of ether oxygens (including phenoxy) is 2. The quantitative estimate of drug-likeness (QED) is 0.588. The van der Waals surface area contributed by atoms with Crippen molar-refractivity contribution in [1.29, 1.82) is 0 Å². The molecule has 0 aliphatic rings. The van der Waals surface area contributed by atoms with Gasteiger partial charge in [0.2, 0.25) is 0 Å². The first-order valence-corrected chi connectivity index (χ1v) is 8.10. The van der Waals surface area contributed by atoms with E-state index in [0.717, 1.165) is 16.7 Å². The van der Waals surface area contributed by atoms with Gasteiger partial charge in [-0.3, -0.25) is 9.59 Å². The van der Waals surface area contributed by atoms with E-state index in [1.165, 1.54) is 13.8 Å². The number of hydrogen-bond donors (Lipinski definition) is 0. The second kappa shape index (κ2) is 8.83. The van der Waals surface area contributed by atoms with Gasteiger partial charge in [-0.1, -0.05) is 54.6 Å². The van der Waals surface area contributed by atoms with Crippen LogP contribution in [0.2, 0.25) is 0 Å². The Bertz CT molecular complexity index is 746. The topological polar surface area (TPSA) is 52.6 Å². The van der Waals surface area contributed by atoms with Crippen LogP contribution in [0.15, 0.2) is 60.2 Å². The number of esters is 2. The predicted octanol–water partition coefficient (Wildman–Crippen LogP) is 4.07. The minimum Gasteiger partial charge on any atom is -0.421 e. The minimum atomic E-state index is -1.05. The first-order chi connectivity index (χ1) is 12.0. The van der Waals surface area contributed by atoms with E-state index in [4.69, 9.17) is 9.47 Å². The molecule has 0 unspecified atom stereocenters. The van der Waals surface area contributed by atoms with Gasteiger partial charge in [-0.2, -0.15) is 0 Å². The number of aryl methyl sites for hydroxylation is 1. The normalized spacial score (nSPS) is 11.3. The molecule has 0 aliphatic carbocycles. The zero-order chi connectivity index (χ0) is 18.2. The van der Waals surface area contributed by atoms with Gasteiger partial charge in [-0.05, 0) is 29.7 Å². The van der Waals surface area contributed by atoms with Crippen LogP contribution in [-0.2, 0) is 25.5 Å². The van der Waals surface area contributed by atoms with E-state index in [-0.39, 0.29) is 0 Å². The smallest absolute Gasteiger partial charge is 0.305 e. The summed E-state index contributed by atoms with van der Waals surface area (Å²) in [7, 11) is 0. The van der Waals surface area contributed by atoms with E-state index in [1.807, 2.05) is 67.6 Å². The zero-order valence-electron chi connectivity index (χ0n) is 14.7. The second-order valence-corrected chi connectivity index (χ2v) is 5.79. The second-order valence-electron chi connectivity index (χ2n) is 5.79. The highest BCUT2D eigenvalue weighted by atomic mass is 16.7. The third kappa shape index (κ3) is 5.92. The lowest BCUT2D eigenvalue weighted by molar-refractivity contribution is -0.178. The molecule has 0 fully saturated rings. The van der Waals surface area contributed by atoms with Gasteiger partial charge in [0.25, 0.3) is 6.29 Å².